The first-order valence-electron chi connectivity index (χ1n) is 8.72. The van der Waals surface area contributed by atoms with Gasteiger partial charge in [0.25, 0.3) is 0 Å². The third kappa shape index (κ3) is 3.30. The minimum atomic E-state index is 0.321. The van der Waals surface area contributed by atoms with Crippen molar-refractivity contribution in [1.82, 2.24) is 15.0 Å². The maximum absolute atomic E-state index is 6.57. The van der Waals surface area contributed by atoms with Crippen molar-refractivity contribution in [2.24, 2.45) is 0 Å². The van der Waals surface area contributed by atoms with Crippen LogP contribution in [0.2, 0.25) is 15.2 Å². The van der Waals surface area contributed by atoms with Gasteiger partial charge >= 0.3 is 0 Å². The molecule has 0 radical (unpaired) electrons. The predicted molar refractivity (Wildman–Crippen MR) is 112 cm³/mol. The van der Waals surface area contributed by atoms with Crippen LogP contribution in [-0.2, 0) is 0 Å². The second kappa shape index (κ2) is 7.78. The summed E-state index contributed by atoms with van der Waals surface area (Å²) in [5.41, 5.74) is 1.11. The Morgan fingerprint density at radius 1 is 0.929 bits per heavy atom. The largest absolute Gasteiger partial charge is 0.495 e. The molecule has 1 aromatic carbocycles. The van der Waals surface area contributed by atoms with Gasteiger partial charge in [-0.3, -0.25) is 0 Å². The first-order chi connectivity index (χ1) is 13.5. The van der Waals surface area contributed by atoms with Crippen LogP contribution in [0.3, 0.4) is 0 Å². The van der Waals surface area contributed by atoms with Crippen molar-refractivity contribution in [3.05, 3.63) is 33.5 Å². The molecule has 4 rings (SSSR count). The summed E-state index contributed by atoms with van der Waals surface area (Å²) in [5.74, 6) is 2.03. The number of anilines is 1. The van der Waals surface area contributed by atoms with Crippen LogP contribution in [0.4, 0.5) is 5.82 Å². The smallest absolute Gasteiger partial charge is 0.165 e. The topological polar surface area (TPSA) is 60.4 Å². The zero-order valence-electron chi connectivity index (χ0n) is 15.3. The van der Waals surface area contributed by atoms with Gasteiger partial charge in [0.1, 0.15) is 22.5 Å². The van der Waals surface area contributed by atoms with Crippen molar-refractivity contribution in [3.63, 3.8) is 0 Å². The SMILES string of the molecule is COc1cc(OC)c(Cl)c(-c2nc(N3CCCC3)c3cc(Cl)ncc3n2)c1Cl. The predicted octanol–water partition coefficient (Wildman–Crippen LogP) is 5.27. The van der Waals surface area contributed by atoms with Crippen LogP contribution in [0, 0.1) is 0 Å². The molecule has 3 aromatic rings. The minimum absolute atomic E-state index is 0.321. The minimum Gasteiger partial charge on any atom is -0.495 e. The highest BCUT2D eigenvalue weighted by Gasteiger charge is 2.24. The molecule has 0 amide bonds. The van der Waals surface area contributed by atoms with Gasteiger partial charge in [-0.2, -0.15) is 0 Å². The summed E-state index contributed by atoms with van der Waals surface area (Å²) in [6.07, 6.45) is 3.84. The van der Waals surface area contributed by atoms with Crippen LogP contribution in [0.5, 0.6) is 11.5 Å². The highest BCUT2D eigenvalue weighted by molar-refractivity contribution is 6.41. The van der Waals surface area contributed by atoms with Crippen LogP contribution in [0.1, 0.15) is 12.8 Å². The van der Waals surface area contributed by atoms with E-state index in [2.05, 4.69) is 14.9 Å². The highest BCUT2D eigenvalue weighted by Crippen LogP contribution is 2.45. The summed E-state index contributed by atoms with van der Waals surface area (Å²) in [7, 11) is 3.06. The number of nitrogens with zero attached hydrogens (tertiary/aromatic N) is 4. The van der Waals surface area contributed by atoms with E-state index in [1.165, 1.54) is 14.2 Å². The Morgan fingerprint density at radius 3 is 2.18 bits per heavy atom. The van der Waals surface area contributed by atoms with E-state index in [9.17, 15) is 0 Å². The third-order valence-electron chi connectivity index (χ3n) is 4.73. The second-order valence-electron chi connectivity index (χ2n) is 6.37. The van der Waals surface area contributed by atoms with Crippen molar-refractivity contribution < 1.29 is 9.47 Å². The molecule has 0 unspecified atom stereocenters. The van der Waals surface area contributed by atoms with Gasteiger partial charge in [0.15, 0.2) is 5.82 Å². The standard InChI is InChI=1S/C19H17Cl3N4O2/c1-27-12-8-13(28-2)17(22)15(16(12)21)18-24-11-9-23-14(20)7-10(11)19(25-18)26-5-3-4-6-26/h7-9H,3-6H2,1-2H3. The normalized spacial score (nSPS) is 14.0. The van der Waals surface area contributed by atoms with E-state index in [4.69, 9.17) is 49.3 Å². The van der Waals surface area contributed by atoms with E-state index < -0.39 is 0 Å². The fourth-order valence-electron chi connectivity index (χ4n) is 3.35. The maximum atomic E-state index is 6.57. The number of fused-ring (bicyclic) bond motifs is 1. The average molecular weight is 440 g/mol. The van der Waals surface area contributed by atoms with E-state index in [1.54, 1.807) is 18.3 Å². The summed E-state index contributed by atoms with van der Waals surface area (Å²) >= 11 is 19.3. The number of benzene rings is 1. The molecule has 9 heteroatoms. The lowest BCUT2D eigenvalue weighted by molar-refractivity contribution is 0.395. The van der Waals surface area contributed by atoms with Gasteiger partial charge in [0.05, 0.1) is 41.5 Å². The number of ether oxygens (including phenoxy) is 2. The Balaban J connectivity index is 2.01. The van der Waals surface area contributed by atoms with Crippen LogP contribution < -0.4 is 14.4 Å². The number of hydrogen-bond donors (Lipinski definition) is 0. The van der Waals surface area contributed by atoms with Gasteiger partial charge in [-0.15, -0.1) is 0 Å². The highest BCUT2D eigenvalue weighted by atomic mass is 35.5. The molecule has 0 N–H and O–H groups in total. The fourth-order valence-corrected chi connectivity index (χ4v) is 4.18. The molecule has 146 valence electrons. The molecule has 28 heavy (non-hydrogen) atoms. The summed E-state index contributed by atoms with van der Waals surface area (Å²) in [5, 5.41) is 1.88. The Kier molecular flexibility index (Phi) is 5.36. The average Bonchev–Trinajstić information content (AvgIpc) is 3.22. The van der Waals surface area contributed by atoms with Crippen LogP contribution in [0.25, 0.3) is 22.3 Å². The van der Waals surface area contributed by atoms with Crippen molar-refractivity contribution in [3.8, 4) is 22.9 Å². The lowest BCUT2D eigenvalue weighted by Gasteiger charge is -2.20. The number of halogens is 3. The van der Waals surface area contributed by atoms with E-state index in [0.717, 1.165) is 37.1 Å². The van der Waals surface area contributed by atoms with Gasteiger partial charge < -0.3 is 14.4 Å². The van der Waals surface area contributed by atoms with Crippen LogP contribution >= 0.6 is 34.8 Å². The molecule has 3 heterocycles. The van der Waals surface area contributed by atoms with Gasteiger partial charge in [-0.05, 0) is 18.9 Å². The number of methoxy groups -OCH3 is 2. The molecule has 0 saturated carbocycles. The van der Waals surface area contributed by atoms with Crippen molar-refractivity contribution in [2.75, 3.05) is 32.2 Å². The zero-order chi connectivity index (χ0) is 19.8. The van der Waals surface area contributed by atoms with Crippen LogP contribution in [-0.4, -0.2) is 42.3 Å². The molecule has 0 atom stereocenters. The monoisotopic (exact) mass is 438 g/mol. The summed E-state index contributed by atoms with van der Waals surface area (Å²) < 4.78 is 10.7. The number of pyridine rings is 1. The van der Waals surface area contributed by atoms with E-state index in [-0.39, 0.29) is 0 Å². The molecule has 0 aliphatic carbocycles. The lowest BCUT2D eigenvalue weighted by Crippen LogP contribution is -2.20. The van der Waals surface area contributed by atoms with Crippen molar-refractivity contribution in [1.29, 1.82) is 0 Å². The molecule has 6 nitrogen and oxygen atoms in total. The molecule has 1 aliphatic rings. The Morgan fingerprint density at radius 2 is 1.57 bits per heavy atom. The van der Waals surface area contributed by atoms with Crippen molar-refractivity contribution >= 4 is 51.5 Å². The molecular formula is C19H17Cl3N4O2. The fraction of sp³-hybridized carbons (Fsp3) is 0.316. The van der Waals surface area contributed by atoms with Gasteiger partial charge in [0, 0.05) is 24.5 Å². The number of aromatic nitrogens is 3. The van der Waals surface area contributed by atoms with Gasteiger partial charge in [-0.1, -0.05) is 34.8 Å². The summed E-state index contributed by atoms with van der Waals surface area (Å²) in [6, 6.07) is 3.42. The van der Waals surface area contributed by atoms with Gasteiger partial charge in [0.2, 0.25) is 0 Å². The van der Waals surface area contributed by atoms with E-state index in [1.807, 2.05) is 0 Å². The molecule has 1 aliphatic heterocycles. The number of rotatable bonds is 4. The maximum Gasteiger partial charge on any atom is 0.165 e. The molecule has 1 saturated heterocycles. The van der Waals surface area contributed by atoms with Crippen LogP contribution in [0.15, 0.2) is 18.3 Å². The molecular weight excluding hydrogens is 423 g/mol. The first-order valence-corrected chi connectivity index (χ1v) is 9.85. The Hall–Kier alpha value is -2.02. The molecule has 0 spiro atoms. The Labute approximate surface area is 177 Å². The first kappa shape index (κ1) is 19.3. The number of hydrogen-bond acceptors (Lipinski definition) is 6. The molecule has 2 aromatic heterocycles. The lowest BCUT2D eigenvalue weighted by atomic mass is 10.1. The molecule has 0 bridgehead atoms. The Bertz CT molecular complexity index is 1030. The van der Waals surface area contributed by atoms with Crippen molar-refractivity contribution in [2.45, 2.75) is 12.8 Å². The second-order valence-corrected chi connectivity index (χ2v) is 7.52. The summed E-state index contributed by atoms with van der Waals surface area (Å²) in [6.45, 7) is 1.82. The van der Waals surface area contributed by atoms with E-state index >= 15 is 0 Å². The third-order valence-corrected chi connectivity index (χ3v) is 5.69. The quantitative estimate of drug-likeness (QED) is 0.516. The van der Waals surface area contributed by atoms with Gasteiger partial charge in [-0.25, -0.2) is 15.0 Å². The summed E-state index contributed by atoms with van der Waals surface area (Å²) in [4.78, 5) is 15.8. The zero-order valence-corrected chi connectivity index (χ0v) is 17.6. The van der Waals surface area contributed by atoms with E-state index in [0.29, 0.717) is 43.6 Å². The molecule has 1 fully saturated rings.